The quantitative estimate of drug-likeness (QED) is 0.306. The third kappa shape index (κ3) is 4.70. The van der Waals surface area contributed by atoms with Gasteiger partial charge in [0.2, 0.25) is 5.91 Å². The number of carbonyl (C=O) groups is 3. The zero-order chi connectivity index (χ0) is 21.8. The van der Waals surface area contributed by atoms with Gasteiger partial charge in [0.1, 0.15) is 18.1 Å². The van der Waals surface area contributed by atoms with Gasteiger partial charge in [-0.25, -0.2) is 14.1 Å². The molecule has 0 unspecified atom stereocenters. The number of aromatic hydroxyl groups is 1. The summed E-state index contributed by atoms with van der Waals surface area (Å²) < 4.78 is 19.5. The fourth-order valence-corrected chi connectivity index (χ4v) is 3.35. The third-order valence-electron chi connectivity index (χ3n) is 4.07. The van der Waals surface area contributed by atoms with Crippen LogP contribution in [0.4, 0.5) is 14.9 Å². The molecule has 10 heteroatoms. The molecule has 1 aliphatic rings. The molecule has 0 aliphatic carbocycles. The first kappa shape index (κ1) is 21.6. The lowest BCUT2D eigenvalue weighted by Crippen LogP contribution is -2.38. The smallest absolute Gasteiger partial charge is 0.329 e. The summed E-state index contributed by atoms with van der Waals surface area (Å²) in [4.78, 5) is 37.6. The Balaban J connectivity index is 1.76. The summed E-state index contributed by atoms with van der Waals surface area (Å²) in [6, 6.07) is 7.93. The molecule has 3 rings (SSSR count). The van der Waals surface area contributed by atoms with Gasteiger partial charge in [-0.2, -0.15) is 0 Å². The maximum absolute atomic E-state index is 13.7. The van der Waals surface area contributed by atoms with Crippen LogP contribution in [0.3, 0.4) is 0 Å². The molecule has 4 amide bonds. The van der Waals surface area contributed by atoms with Gasteiger partial charge in [-0.05, 0) is 65.4 Å². The number of benzene rings is 2. The van der Waals surface area contributed by atoms with Crippen molar-refractivity contribution in [2.45, 2.75) is 6.92 Å². The van der Waals surface area contributed by atoms with Crippen LogP contribution in [-0.4, -0.2) is 41.0 Å². The summed E-state index contributed by atoms with van der Waals surface area (Å²) in [5, 5.41) is 14.8. The molecule has 30 heavy (non-hydrogen) atoms. The molecule has 8 nitrogen and oxygen atoms in total. The van der Waals surface area contributed by atoms with Crippen molar-refractivity contribution in [3.05, 3.63) is 57.0 Å². The van der Waals surface area contributed by atoms with Crippen LogP contribution in [0, 0.1) is 9.39 Å². The molecule has 1 heterocycles. The van der Waals surface area contributed by atoms with Crippen LogP contribution in [-0.2, 0) is 9.59 Å². The molecule has 156 valence electrons. The van der Waals surface area contributed by atoms with E-state index in [0.717, 1.165) is 4.90 Å². The Labute approximate surface area is 184 Å². The van der Waals surface area contributed by atoms with Crippen LogP contribution in [0.15, 0.2) is 42.1 Å². The van der Waals surface area contributed by atoms with Crippen molar-refractivity contribution in [3.8, 4) is 11.5 Å². The number of anilines is 1. The zero-order valence-electron chi connectivity index (χ0n) is 15.7. The summed E-state index contributed by atoms with van der Waals surface area (Å²) in [7, 11) is 0. The summed E-state index contributed by atoms with van der Waals surface area (Å²) >= 11 is 1.92. The molecule has 2 aromatic rings. The van der Waals surface area contributed by atoms with Crippen molar-refractivity contribution < 1.29 is 28.6 Å². The minimum atomic E-state index is -0.770. The van der Waals surface area contributed by atoms with Crippen LogP contribution in [0.1, 0.15) is 12.5 Å². The highest BCUT2D eigenvalue weighted by atomic mass is 127. The van der Waals surface area contributed by atoms with Gasteiger partial charge in [-0.3, -0.25) is 9.59 Å². The van der Waals surface area contributed by atoms with E-state index in [4.69, 9.17) is 4.74 Å². The molecule has 1 aliphatic heterocycles. The molecule has 1 saturated heterocycles. The van der Waals surface area contributed by atoms with Gasteiger partial charge < -0.3 is 20.5 Å². The summed E-state index contributed by atoms with van der Waals surface area (Å²) in [5.41, 5.74) is 0.428. The first-order valence-corrected chi connectivity index (χ1v) is 9.92. The van der Waals surface area contributed by atoms with E-state index >= 15 is 0 Å². The Bertz CT molecular complexity index is 1060. The number of carbonyl (C=O) groups excluding carboxylic acids is 3. The highest BCUT2D eigenvalue weighted by Crippen LogP contribution is 2.33. The molecular weight excluding hydrogens is 508 g/mol. The maximum atomic E-state index is 13.7. The van der Waals surface area contributed by atoms with Crippen LogP contribution < -0.4 is 15.4 Å². The number of para-hydroxylation sites is 1. The third-order valence-corrected chi connectivity index (χ3v) is 4.90. The monoisotopic (exact) mass is 525 g/mol. The highest BCUT2D eigenvalue weighted by molar-refractivity contribution is 14.1. The Kier molecular flexibility index (Phi) is 6.55. The normalized spacial score (nSPS) is 14.8. The van der Waals surface area contributed by atoms with E-state index in [9.17, 15) is 23.9 Å². The van der Waals surface area contributed by atoms with Crippen molar-refractivity contribution in [3.63, 3.8) is 0 Å². The van der Waals surface area contributed by atoms with Gasteiger partial charge >= 0.3 is 6.03 Å². The predicted molar refractivity (Wildman–Crippen MR) is 115 cm³/mol. The maximum Gasteiger partial charge on any atom is 0.329 e. The lowest BCUT2D eigenvalue weighted by molar-refractivity contribution is -0.127. The van der Waals surface area contributed by atoms with Gasteiger partial charge in [-0.15, -0.1) is 0 Å². The zero-order valence-corrected chi connectivity index (χ0v) is 17.9. The Hall–Kier alpha value is -3.15. The van der Waals surface area contributed by atoms with Gasteiger partial charge in [0.05, 0.1) is 15.9 Å². The minimum Gasteiger partial charge on any atom is -0.504 e. The fraction of sp³-hybridized carbons (Fsp3) is 0.150. The number of nitrogens with zero attached hydrogens (tertiary/aromatic N) is 1. The van der Waals surface area contributed by atoms with Crippen molar-refractivity contribution in [1.29, 1.82) is 0 Å². The number of phenolic OH excluding ortho intramolecular Hbond substituents is 1. The molecule has 2 aromatic carbocycles. The number of rotatable bonds is 6. The number of ether oxygens (including phenoxy) is 1. The average molecular weight is 525 g/mol. The van der Waals surface area contributed by atoms with E-state index in [-0.39, 0.29) is 22.9 Å². The second-order valence-electron chi connectivity index (χ2n) is 6.19. The Morgan fingerprint density at radius 1 is 1.33 bits per heavy atom. The first-order valence-electron chi connectivity index (χ1n) is 8.84. The molecule has 0 aromatic heterocycles. The first-order chi connectivity index (χ1) is 14.3. The van der Waals surface area contributed by atoms with Crippen molar-refractivity contribution in [2.24, 2.45) is 0 Å². The van der Waals surface area contributed by atoms with E-state index in [1.165, 1.54) is 30.3 Å². The van der Waals surface area contributed by atoms with E-state index < -0.39 is 30.2 Å². The largest absolute Gasteiger partial charge is 0.504 e. The standard InChI is InChI=1S/C20H17FIN3O5/c1-2-30-16-9-11(7-13(22)18(16)27)8-15-19(28)25(20(29)24-15)10-17(26)23-14-6-4-3-5-12(14)21/h3-9,27H,2,10H2,1H3,(H,23,26)(H,24,29)/b15-8+. The number of urea groups is 1. The van der Waals surface area contributed by atoms with Crippen LogP contribution in [0.2, 0.25) is 0 Å². The van der Waals surface area contributed by atoms with Crippen LogP contribution in [0.25, 0.3) is 6.08 Å². The Morgan fingerprint density at radius 2 is 2.07 bits per heavy atom. The Morgan fingerprint density at radius 3 is 2.77 bits per heavy atom. The molecular formula is C20H17FIN3O5. The van der Waals surface area contributed by atoms with Crippen LogP contribution >= 0.6 is 22.6 Å². The number of hydrogen-bond donors (Lipinski definition) is 3. The topological polar surface area (TPSA) is 108 Å². The number of nitrogens with one attached hydrogen (secondary N) is 2. The number of hydrogen-bond acceptors (Lipinski definition) is 5. The molecule has 0 atom stereocenters. The highest BCUT2D eigenvalue weighted by Gasteiger charge is 2.35. The number of phenols is 1. The van der Waals surface area contributed by atoms with Crippen molar-refractivity contribution >= 4 is 52.2 Å². The number of imide groups is 1. The van der Waals surface area contributed by atoms with E-state index in [1.54, 1.807) is 19.1 Å². The molecule has 0 spiro atoms. The molecule has 0 saturated carbocycles. The van der Waals surface area contributed by atoms with E-state index in [0.29, 0.717) is 15.7 Å². The number of halogens is 2. The van der Waals surface area contributed by atoms with Gasteiger partial charge in [-0.1, -0.05) is 12.1 Å². The molecule has 0 radical (unpaired) electrons. The van der Waals surface area contributed by atoms with E-state index in [1.807, 2.05) is 22.6 Å². The SMILES string of the molecule is CCOc1cc(/C=C2/NC(=O)N(CC(=O)Nc3ccccc3F)C2=O)cc(I)c1O. The van der Waals surface area contributed by atoms with Gasteiger partial charge in [0, 0.05) is 0 Å². The second kappa shape index (κ2) is 9.11. The number of amides is 4. The predicted octanol–water partition coefficient (Wildman–Crippen LogP) is 3.07. The lowest BCUT2D eigenvalue weighted by atomic mass is 10.1. The van der Waals surface area contributed by atoms with Gasteiger partial charge in [0.25, 0.3) is 5.91 Å². The van der Waals surface area contributed by atoms with Crippen LogP contribution in [0.5, 0.6) is 11.5 Å². The van der Waals surface area contributed by atoms with Crippen molar-refractivity contribution in [2.75, 3.05) is 18.5 Å². The average Bonchev–Trinajstić information content (AvgIpc) is 2.95. The molecule has 1 fully saturated rings. The minimum absolute atomic E-state index is 0.0205. The summed E-state index contributed by atoms with van der Waals surface area (Å²) in [6.45, 7) is 1.53. The molecule has 3 N–H and O–H groups in total. The van der Waals surface area contributed by atoms with Gasteiger partial charge in [0.15, 0.2) is 11.5 Å². The second-order valence-corrected chi connectivity index (χ2v) is 7.35. The van der Waals surface area contributed by atoms with E-state index in [2.05, 4.69) is 10.6 Å². The lowest BCUT2D eigenvalue weighted by Gasteiger charge is -2.12. The fourth-order valence-electron chi connectivity index (χ4n) is 2.72. The summed E-state index contributed by atoms with van der Waals surface area (Å²) in [5.74, 6) is -1.83. The summed E-state index contributed by atoms with van der Waals surface area (Å²) in [6.07, 6.45) is 1.42. The van der Waals surface area contributed by atoms with Crippen molar-refractivity contribution in [1.82, 2.24) is 10.2 Å². The molecule has 0 bridgehead atoms.